The number of hydrogen-bond acceptors (Lipinski definition) is 5. The summed E-state index contributed by atoms with van der Waals surface area (Å²) < 4.78 is 10.2. The molecule has 0 amide bonds. The van der Waals surface area contributed by atoms with Crippen molar-refractivity contribution in [2.75, 3.05) is 14.2 Å². The lowest BCUT2D eigenvalue weighted by molar-refractivity contribution is 0.0690. The number of nitrogens with zero attached hydrogens (tertiary/aromatic N) is 2. The molecule has 0 aliphatic heterocycles. The maximum atomic E-state index is 11.0. The third-order valence-corrected chi connectivity index (χ3v) is 2.48. The second kappa shape index (κ2) is 5.34. The molecule has 0 spiro atoms. The van der Waals surface area contributed by atoms with Crippen LogP contribution in [0.4, 0.5) is 0 Å². The molecule has 98 valence electrons. The third-order valence-electron chi connectivity index (χ3n) is 2.48. The van der Waals surface area contributed by atoms with Gasteiger partial charge in [-0.3, -0.25) is 0 Å². The van der Waals surface area contributed by atoms with Gasteiger partial charge < -0.3 is 14.6 Å². The summed E-state index contributed by atoms with van der Waals surface area (Å²) in [6.07, 6.45) is 0. The van der Waals surface area contributed by atoms with Crippen molar-refractivity contribution in [1.82, 2.24) is 9.97 Å². The van der Waals surface area contributed by atoms with Gasteiger partial charge in [0, 0.05) is 6.07 Å². The number of para-hydroxylation sites is 1. The molecule has 1 aromatic heterocycles. The second-order valence-corrected chi connectivity index (χ2v) is 3.62. The van der Waals surface area contributed by atoms with E-state index in [0.29, 0.717) is 11.3 Å². The predicted octanol–water partition coefficient (Wildman–Crippen LogP) is 1.86. The lowest BCUT2D eigenvalue weighted by Crippen LogP contribution is -2.05. The van der Waals surface area contributed by atoms with Crippen molar-refractivity contribution < 1.29 is 19.4 Å². The van der Waals surface area contributed by atoms with Gasteiger partial charge in [-0.05, 0) is 12.1 Å². The van der Waals surface area contributed by atoms with E-state index in [0.717, 1.165) is 0 Å². The maximum absolute atomic E-state index is 11.0. The molecule has 19 heavy (non-hydrogen) atoms. The van der Waals surface area contributed by atoms with Crippen LogP contribution in [0.2, 0.25) is 0 Å². The van der Waals surface area contributed by atoms with E-state index in [1.54, 1.807) is 24.3 Å². The van der Waals surface area contributed by atoms with Crippen LogP contribution < -0.4 is 9.47 Å². The Kier molecular flexibility index (Phi) is 3.61. The van der Waals surface area contributed by atoms with Crippen LogP contribution >= 0.6 is 0 Å². The average molecular weight is 260 g/mol. The van der Waals surface area contributed by atoms with Gasteiger partial charge in [-0.2, -0.15) is 4.98 Å². The van der Waals surface area contributed by atoms with E-state index in [-0.39, 0.29) is 17.4 Å². The van der Waals surface area contributed by atoms with E-state index in [4.69, 9.17) is 14.6 Å². The van der Waals surface area contributed by atoms with Gasteiger partial charge in [-0.25, -0.2) is 9.78 Å². The Balaban J connectivity index is 2.61. The minimum Gasteiger partial charge on any atom is -0.496 e. The summed E-state index contributed by atoms with van der Waals surface area (Å²) >= 11 is 0. The number of carboxylic acid groups (broad SMARTS) is 1. The summed E-state index contributed by atoms with van der Waals surface area (Å²) in [7, 11) is 2.94. The van der Waals surface area contributed by atoms with E-state index < -0.39 is 5.97 Å². The van der Waals surface area contributed by atoms with Crippen molar-refractivity contribution in [3.8, 4) is 23.0 Å². The minimum atomic E-state index is -1.14. The average Bonchev–Trinajstić information content (AvgIpc) is 2.46. The second-order valence-electron chi connectivity index (χ2n) is 3.62. The number of ether oxygens (including phenoxy) is 2. The molecule has 1 aromatic carbocycles. The Hall–Kier alpha value is -2.63. The Morgan fingerprint density at radius 1 is 1.16 bits per heavy atom. The smallest absolute Gasteiger partial charge is 0.354 e. The van der Waals surface area contributed by atoms with Crippen LogP contribution in [0.5, 0.6) is 11.6 Å². The highest BCUT2D eigenvalue weighted by molar-refractivity contribution is 5.86. The van der Waals surface area contributed by atoms with E-state index in [2.05, 4.69) is 9.97 Å². The highest BCUT2D eigenvalue weighted by Gasteiger charge is 2.14. The molecular formula is C13H12N2O4. The fraction of sp³-hybridized carbons (Fsp3) is 0.154. The Morgan fingerprint density at radius 2 is 1.89 bits per heavy atom. The summed E-state index contributed by atoms with van der Waals surface area (Å²) in [6, 6.07) is 8.36. The fourth-order valence-electron chi connectivity index (χ4n) is 1.59. The molecule has 0 atom stereocenters. The van der Waals surface area contributed by atoms with Crippen molar-refractivity contribution in [3.63, 3.8) is 0 Å². The van der Waals surface area contributed by atoms with Crippen molar-refractivity contribution in [2.45, 2.75) is 0 Å². The summed E-state index contributed by atoms with van der Waals surface area (Å²) in [5.41, 5.74) is 0.471. The Labute approximate surface area is 109 Å². The van der Waals surface area contributed by atoms with Crippen molar-refractivity contribution in [3.05, 3.63) is 36.0 Å². The molecule has 2 aromatic rings. The summed E-state index contributed by atoms with van der Waals surface area (Å²) in [5, 5.41) is 9.03. The largest absolute Gasteiger partial charge is 0.496 e. The minimum absolute atomic E-state index is 0.132. The van der Waals surface area contributed by atoms with Crippen LogP contribution in [0.3, 0.4) is 0 Å². The van der Waals surface area contributed by atoms with Gasteiger partial charge in [-0.15, -0.1) is 0 Å². The summed E-state index contributed by atoms with van der Waals surface area (Å²) in [4.78, 5) is 19.2. The number of aromatic carboxylic acids is 1. The first kappa shape index (κ1) is 12.8. The zero-order valence-electron chi connectivity index (χ0n) is 10.5. The lowest BCUT2D eigenvalue weighted by atomic mass is 10.2. The molecule has 2 rings (SSSR count). The first-order valence-electron chi connectivity index (χ1n) is 5.45. The molecule has 1 N–H and O–H groups in total. The standard InChI is InChI=1S/C13H12N2O4/c1-18-10-6-4-3-5-8(10)12-14-9(13(16)17)7-11(15-12)19-2/h3-7H,1-2H3,(H,16,17). The fourth-order valence-corrected chi connectivity index (χ4v) is 1.59. The third kappa shape index (κ3) is 2.62. The molecule has 6 nitrogen and oxygen atoms in total. The van der Waals surface area contributed by atoms with Gasteiger partial charge >= 0.3 is 5.97 Å². The van der Waals surface area contributed by atoms with Crippen LogP contribution in [0.25, 0.3) is 11.4 Å². The number of carbonyl (C=O) groups is 1. The molecular weight excluding hydrogens is 248 g/mol. The van der Waals surface area contributed by atoms with E-state index in [1.165, 1.54) is 20.3 Å². The van der Waals surface area contributed by atoms with E-state index in [9.17, 15) is 4.79 Å². The zero-order chi connectivity index (χ0) is 13.8. The van der Waals surface area contributed by atoms with E-state index in [1.807, 2.05) is 0 Å². The van der Waals surface area contributed by atoms with Gasteiger partial charge in [0.1, 0.15) is 5.75 Å². The topological polar surface area (TPSA) is 81.5 Å². The van der Waals surface area contributed by atoms with Gasteiger partial charge in [0.05, 0.1) is 19.8 Å². The molecule has 0 bridgehead atoms. The predicted molar refractivity (Wildman–Crippen MR) is 67.5 cm³/mol. The van der Waals surface area contributed by atoms with Gasteiger partial charge in [0.2, 0.25) is 5.88 Å². The molecule has 0 aliphatic carbocycles. The molecule has 0 saturated heterocycles. The van der Waals surface area contributed by atoms with Crippen molar-refractivity contribution in [1.29, 1.82) is 0 Å². The molecule has 1 heterocycles. The van der Waals surface area contributed by atoms with Gasteiger partial charge in [0.25, 0.3) is 0 Å². The van der Waals surface area contributed by atoms with Crippen LogP contribution in [0, 0.1) is 0 Å². The highest BCUT2D eigenvalue weighted by atomic mass is 16.5. The number of carboxylic acids is 1. The van der Waals surface area contributed by atoms with Crippen LogP contribution in [-0.2, 0) is 0 Å². The number of aromatic nitrogens is 2. The van der Waals surface area contributed by atoms with Crippen molar-refractivity contribution in [2.24, 2.45) is 0 Å². The van der Waals surface area contributed by atoms with Gasteiger partial charge in [0.15, 0.2) is 11.5 Å². The van der Waals surface area contributed by atoms with Crippen LogP contribution in [-0.4, -0.2) is 35.3 Å². The first-order valence-corrected chi connectivity index (χ1v) is 5.45. The van der Waals surface area contributed by atoms with E-state index >= 15 is 0 Å². The maximum Gasteiger partial charge on any atom is 0.354 e. The SMILES string of the molecule is COc1cc(C(=O)O)nc(-c2ccccc2OC)n1. The Bertz CT molecular complexity index is 613. The number of methoxy groups -OCH3 is 2. The van der Waals surface area contributed by atoms with Crippen molar-refractivity contribution >= 4 is 5.97 Å². The molecule has 0 radical (unpaired) electrons. The number of benzene rings is 1. The summed E-state index contributed by atoms with van der Waals surface area (Å²) in [5.74, 6) is -0.147. The molecule has 0 unspecified atom stereocenters. The summed E-state index contributed by atoms with van der Waals surface area (Å²) in [6.45, 7) is 0. The quantitative estimate of drug-likeness (QED) is 0.903. The first-order chi connectivity index (χ1) is 9.15. The molecule has 0 aliphatic rings. The highest BCUT2D eigenvalue weighted by Crippen LogP contribution is 2.28. The number of rotatable bonds is 4. The zero-order valence-corrected chi connectivity index (χ0v) is 10.5. The molecule has 6 heteroatoms. The normalized spacial score (nSPS) is 10.0. The van der Waals surface area contributed by atoms with Gasteiger partial charge in [-0.1, -0.05) is 12.1 Å². The van der Waals surface area contributed by atoms with Crippen LogP contribution in [0.15, 0.2) is 30.3 Å². The Morgan fingerprint density at radius 3 is 2.53 bits per heavy atom. The molecule has 0 fully saturated rings. The lowest BCUT2D eigenvalue weighted by Gasteiger charge is -2.08. The monoisotopic (exact) mass is 260 g/mol. The molecule has 0 saturated carbocycles. The van der Waals surface area contributed by atoms with Crippen LogP contribution in [0.1, 0.15) is 10.5 Å². The number of hydrogen-bond donors (Lipinski definition) is 1.